The van der Waals surface area contributed by atoms with Gasteiger partial charge in [0.05, 0.1) is 6.04 Å². The van der Waals surface area contributed by atoms with Crippen LogP contribution in [-0.4, -0.2) is 13.2 Å². The van der Waals surface area contributed by atoms with Gasteiger partial charge < -0.3 is 15.2 Å². The molecule has 21 heavy (non-hydrogen) atoms. The molecule has 1 heterocycles. The van der Waals surface area contributed by atoms with Crippen LogP contribution in [0.2, 0.25) is 5.02 Å². The van der Waals surface area contributed by atoms with Gasteiger partial charge in [-0.15, -0.1) is 0 Å². The molecule has 0 aliphatic carbocycles. The van der Waals surface area contributed by atoms with Gasteiger partial charge in [-0.25, -0.2) is 0 Å². The second-order valence-corrected chi connectivity index (χ2v) is 6.84. The Bertz CT molecular complexity index is 694. The number of fused-ring (bicyclic) bond motifs is 1. The quantitative estimate of drug-likeness (QED) is 0.748. The van der Waals surface area contributed by atoms with Crippen molar-refractivity contribution >= 4 is 43.5 Å². The van der Waals surface area contributed by atoms with Gasteiger partial charge >= 0.3 is 0 Å². The third-order valence-electron chi connectivity index (χ3n) is 3.29. The van der Waals surface area contributed by atoms with Crippen LogP contribution in [0.4, 0.5) is 0 Å². The van der Waals surface area contributed by atoms with E-state index >= 15 is 0 Å². The summed E-state index contributed by atoms with van der Waals surface area (Å²) in [5.41, 5.74) is 8.14. The Kier molecular flexibility index (Phi) is 4.45. The van der Waals surface area contributed by atoms with E-state index in [1.807, 2.05) is 24.3 Å². The van der Waals surface area contributed by atoms with Crippen LogP contribution in [-0.2, 0) is 0 Å². The number of nitrogens with two attached hydrogens (primary N) is 1. The third kappa shape index (κ3) is 3.06. The molecular weight excluding hydrogens is 421 g/mol. The van der Waals surface area contributed by atoms with Crippen LogP contribution in [0.25, 0.3) is 0 Å². The topological polar surface area (TPSA) is 44.5 Å². The molecule has 6 heteroatoms. The van der Waals surface area contributed by atoms with Crippen molar-refractivity contribution in [3.05, 3.63) is 55.4 Å². The summed E-state index contributed by atoms with van der Waals surface area (Å²) in [6, 6.07) is 9.14. The Balaban J connectivity index is 2.03. The predicted molar refractivity (Wildman–Crippen MR) is 90.3 cm³/mol. The first kappa shape index (κ1) is 15.2. The van der Waals surface area contributed by atoms with E-state index in [4.69, 9.17) is 26.8 Å². The lowest BCUT2D eigenvalue weighted by Gasteiger charge is -2.22. The lowest BCUT2D eigenvalue weighted by atomic mass is 9.99. The van der Waals surface area contributed by atoms with E-state index in [1.54, 1.807) is 6.07 Å². The Morgan fingerprint density at radius 3 is 2.33 bits per heavy atom. The van der Waals surface area contributed by atoms with Gasteiger partial charge in [0.15, 0.2) is 11.5 Å². The largest absolute Gasteiger partial charge is 0.486 e. The first-order valence-electron chi connectivity index (χ1n) is 6.36. The van der Waals surface area contributed by atoms with Crippen LogP contribution < -0.4 is 15.2 Å². The summed E-state index contributed by atoms with van der Waals surface area (Å²) in [6.07, 6.45) is 0. The molecule has 0 amide bonds. The Hall–Kier alpha value is -0.750. The van der Waals surface area contributed by atoms with Crippen molar-refractivity contribution < 1.29 is 9.47 Å². The highest BCUT2D eigenvalue weighted by Gasteiger charge is 2.20. The predicted octanol–water partition coefficient (Wildman–Crippen LogP) is 4.68. The Morgan fingerprint density at radius 2 is 1.67 bits per heavy atom. The smallest absolute Gasteiger partial charge is 0.162 e. The van der Waals surface area contributed by atoms with Crippen LogP contribution in [0, 0.1) is 0 Å². The SMILES string of the molecule is NC(c1cc2c(cc1Cl)OCCO2)c1ccc(Br)cc1Br. The summed E-state index contributed by atoms with van der Waals surface area (Å²) in [7, 11) is 0. The second-order valence-electron chi connectivity index (χ2n) is 4.66. The molecule has 1 unspecified atom stereocenters. The highest BCUT2D eigenvalue weighted by Crippen LogP contribution is 2.40. The average Bonchev–Trinajstić information content (AvgIpc) is 2.46. The molecule has 110 valence electrons. The first-order chi connectivity index (χ1) is 10.1. The molecule has 0 saturated heterocycles. The van der Waals surface area contributed by atoms with Crippen LogP contribution in [0.15, 0.2) is 39.3 Å². The van der Waals surface area contributed by atoms with Gasteiger partial charge in [-0.1, -0.05) is 49.5 Å². The molecule has 0 fully saturated rings. The molecule has 1 atom stereocenters. The summed E-state index contributed by atoms with van der Waals surface area (Å²) in [6.45, 7) is 1.07. The number of rotatable bonds is 2. The molecule has 0 saturated carbocycles. The molecule has 1 aliphatic heterocycles. The minimum atomic E-state index is -0.351. The molecule has 3 rings (SSSR count). The van der Waals surface area contributed by atoms with Gasteiger partial charge in [0.25, 0.3) is 0 Å². The van der Waals surface area contributed by atoms with Crippen LogP contribution >= 0.6 is 43.5 Å². The maximum atomic E-state index is 6.38. The minimum absolute atomic E-state index is 0.351. The maximum absolute atomic E-state index is 6.38. The normalized spacial score (nSPS) is 14.9. The standard InChI is InChI=1S/C15H12Br2ClNO2/c16-8-1-2-9(11(17)5-8)15(19)10-6-13-14(7-12(10)18)21-4-3-20-13/h1-2,5-7,15H,3-4,19H2. The van der Waals surface area contributed by atoms with Crippen LogP contribution in [0.3, 0.4) is 0 Å². The van der Waals surface area contributed by atoms with Crippen molar-refractivity contribution in [2.45, 2.75) is 6.04 Å². The van der Waals surface area contributed by atoms with E-state index in [-0.39, 0.29) is 6.04 Å². The zero-order valence-corrected chi connectivity index (χ0v) is 14.8. The van der Waals surface area contributed by atoms with Crippen molar-refractivity contribution in [2.75, 3.05) is 13.2 Å². The summed E-state index contributed by atoms with van der Waals surface area (Å²) in [4.78, 5) is 0. The minimum Gasteiger partial charge on any atom is -0.486 e. The van der Waals surface area contributed by atoms with E-state index in [9.17, 15) is 0 Å². The van der Waals surface area contributed by atoms with Gasteiger partial charge in [0, 0.05) is 20.0 Å². The number of hydrogen-bond acceptors (Lipinski definition) is 3. The second kappa shape index (κ2) is 6.16. The van der Waals surface area contributed by atoms with E-state index in [1.165, 1.54) is 0 Å². The molecule has 3 nitrogen and oxygen atoms in total. The zero-order chi connectivity index (χ0) is 15.0. The lowest BCUT2D eigenvalue weighted by Crippen LogP contribution is -2.18. The van der Waals surface area contributed by atoms with Gasteiger partial charge in [-0.3, -0.25) is 0 Å². The van der Waals surface area contributed by atoms with Crippen molar-refractivity contribution in [3.8, 4) is 11.5 Å². The Morgan fingerprint density at radius 1 is 1.00 bits per heavy atom. The molecular formula is C15H12Br2ClNO2. The van der Waals surface area contributed by atoms with Crippen molar-refractivity contribution in [1.29, 1.82) is 0 Å². The molecule has 0 radical (unpaired) electrons. The summed E-state index contributed by atoms with van der Waals surface area (Å²) < 4.78 is 13.0. The lowest BCUT2D eigenvalue weighted by molar-refractivity contribution is 0.171. The molecule has 2 aromatic carbocycles. The van der Waals surface area contributed by atoms with Crippen LogP contribution in [0.1, 0.15) is 17.2 Å². The van der Waals surface area contributed by atoms with E-state index in [2.05, 4.69) is 31.9 Å². The zero-order valence-electron chi connectivity index (χ0n) is 10.9. The molecule has 0 aromatic heterocycles. The highest BCUT2D eigenvalue weighted by molar-refractivity contribution is 9.11. The highest BCUT2D eigenvalue weighted by atomic mass is 79.9. The molecule has 0 spiro atoms. The van der Waals surface area contributed by atoms with Gasteiger partial charge in [0.2, 0.25) is 0 Å². The fourth-order valence-corrected chi connectivity index (χ4v) is 3.80. The maximum Gasteiger partial charge on any atom is 0.162 e. The van der Waals surface area contributed by atoms with Crippen molar-refractivity contribution in [2.24, 2.45) is 5.73 Å². The van der Waals surface area contributed by atoms with Crippen molar-refractivity contribution in [1.82, 2.24) is 0 Å². The summed E-state index contributed by atoms with van der Waals surface area (Å²) in [5, 5.41) is 0.571. The average molecular weight is 434 g/mol. The summed E-state index contributed by atoms with van der Waals surface area (Å²) >= 11 is 13.3. The third-order valence-corrected chi connectivity index (χ3v) is 4.80. The number of hydrogen-bond donors (Lipinski definition) is 1. The van der Waals surface area contributed by atoms with E-state index in [0.29, 0.717) is 29.7 Å². The van der Waals surface area contributed by atoms with Gasteiger partial charge in [-0.05, 0) is 29.3 Å². The monoisotopic (exact) mass is 431 g/mol. The Labute approximate surface area is 144 Å². The number of halogens is 3. The van der Waals surface area contributed by atoms with Gasteiger partial charge in [0.1, 0.15) is 13.2 Å². The summed E-state index contributed by atoms with van der Waals surface area (Å²) in [5.74, 6) is 1.35. The number of ether oxygens (including phenoxy) is 2. The number of benzene rings is 2. The molecule has 2 N–H and O–H groups in total. The molecule has 1 aliphatic rings. The van der Waals surface area contributed by atoms with E-state index < -0.39 is 0 Å². The molecule has 2 aromatic rings. The molecule has 0 bridgehead atoms. The first-order valence-corrected chi connectivity index (χ1v) is 8.32. The van der Waals surface area contributed by atoms with E-state index in [0.717, 1.165) is 20.1 Å². The fourth-order valence-electron chi connectivity index (χ4n) is 2.24. The van der Waals surface area contributed by atoms with Crippen molar-refractivity contribution in [3.63, 3.8) is 0 Å². The van der Waals surface area contributed by atoms with Gasteiger partial charge in [-0.2, -0.15) is 0 Å². The fraction of sp³-hybridized carbons (Fsp3) is 0.200. The van der Waals surface area contributed by atoms with Crippen LogP contribution in [0.5, 0.6) is 11.5 Å².